The quantitative estimate of drug-likeness (QED) is 0.294. The van der Waals surface area contributed by atoms with Crippen LogP contribution >= 0.6 is 0 Å². The van der Waals surface area contributed by atoms with Crippen molar-refractivity contribution < 1.29 is 30.0 Å². The van der Waals surface area contributed by atoms with Gasteiger partial charge in [-0.1, -0.05) is 0 Å². The molecule has 1 saturated heterocycles. The molecule has 0 bridgehead atoms. The van der Waals surface area contributed by atoms with Gasteiger partial charge in [0.1, 0.15) is 24.9 Å². The first-order valence-electron chi connectivity index (χ1n) is 3.43. The van der Waals surface area contributed by atoms with Gasteiger partial charge in [-0.15, -0.1) is 0 Å². The van der Waals surface area contributed by atoms with Crippen LogP contribution in [-0.4, -0.2) is 57.4 Å². The number of aliphatic hydroxyl groups is 4. The molecule has 0 aliphatic carbocycles. The molecule has 4 N–H and O–H groups in total. The number of ether oxygens (including phenoxy) is 1. The minimum absolute atomic E-state index is 0.422. The molecule has 0 amide bonds. The van der Waals surface area contributed by atoms with Crippen LogP contribution in [0.2, 0.25) is 0 Å². The molecule has 12 heavy (non-hydrogen) atoms. The molecule has 0 unspecified atom stereocenters. The van der Waals surface area contributed by atoms with Crippen LogP contribution in [0.15, 0.2) is 0 Å². The lowest BCUT2D eigenvalue weighted by atomic mass is 10.1. The number of aliphatic hydroxyl groups excluding tert-OH is 4. The van der Waals surface area contributed by atoms with Crippen molar-refractivity contribution in [3.05, 3.63) is 0 Å². The molecular formula is C6H10O6. The number of carbonyl (C=O) groups is 1. The van der Waals surface area contributed by atoms with Gasteiger partial charge in [0.05, 0.1) is 0 Å². The van der Waals surface area contributed by atoms with E-state index in [1.54, 1.807) is 0 Å². The standard InChI is InChI=1S/C6H10O6/c7-2-1-12-6(11)5(10)4(9)3(2)8/h2-5,7-10H,1H2/t2-,3-,4-,5+/m1/s1. The maximum Gasteiger partial charge on any atom is 0.337 e. The van der Waals surface area contributed by atoms with E-state index in [-0.39, 0.29) is 0 Å². The summed E-state index contributed by atoms with van der Waals surface area (Å²) < 4.78 is 4.31. The molecule has 1 heterocycles. The highest BCUT2D eigenvalue weighted by molar-refractivity contribution is 5.75. The van der Waals surface area contributed by atoms with E-state index in [0.29, 0.717) is 0 Å². The van der Waals surface area contributed by atoms with Crippen LogP contribution in [0.3, 0.4) is 0 Å². The van der Waals surface area contributed by atoms with Crippen LogP contribution in [-0.2, 0) is 9.53 Å². The summed E-state index contributed by atoms with van der Waals surface area (Å²) in [6.45, 7) is -0.422. The Morgan fingerprint density at radius 2 is 1.75 bits per heavy atom. The maximum absolute atomic E-state index is 10.7. The molecule has 0 aromatic rings. The Hall–Kier alpha value is -0.690. The van der Waals surface area contributed by atoms with Crippen LogP contribution in [0.4, 0.5) is 0 Å². The number of rotatable bonds is 0. The van der Waals surface area contributed by atoms with Gasteiger partial charge in [-0.2, -0.15) is 0 Å². The molecule has 1 aliphatic rings. The van der Waals surface area contributed by atoms with E-state index in [1.165, 1.54) is 0 Å². The van der Waals surface area contributed by atoms with Crippen LogP contribution in [0.25, 0.3) is 0 Å². The van der Waals surface area contributed by atoms with Crippen LogP contribution in [0.1, 0.15) is 0 Å². The van der Waals surface area contributed by atoms with E-state index < -0.39 is 37.0 Å². The summed E-state index contributed by atoms with van der Waals surface area (Å²) >= 11 is 0. The summed E-state index contributed by atoms with van der Waals surface area (Å²) in [5.41, 5.74) is 0. The normalized spacial score (nSPS) is 43.5. The Labute approximate surface area is 68.0 Å². The van der Waals surface area contributed by atoms with E-state index in [4.69, 9.17) is 20.4 Å². The summed E-state index contributed by atoms with van der Waals surface area (Å²) in [5.74, 6) is -1.04. The van der Waals surface area contributed by atoms with Gasteiger partial charge in [-0.05, 0) is 0 Å². The molecule has 0 radical (unpaired) electrons. The predicted octanol–water partition coefficient (Wildman–Crippen LogP) is -3.01. The van der Waals surface area contributed by atoms with Crippen LogP contribution in [0, 0.1) is 0 Å². The Bertz CT molecular complexity index is 181. The average molecular weight is 178 g/mol. The van der Waals surface area contributed by atoms with E-state index >= 15 is 0 Å². The second-order valence-electron chi connectivity index (χ2n) is 2.62. The van der Waals surface area contributed by atoms with Gasteiger partial charge in [0.2, 0.25) is 0 Å². The third-order valence-corrected chi connectivity index (χ3v) is 1.71. The number of hydrogen-bond donors (Lipinski definition) is 4. The molecule has 1 fully saturated rings. The number of carbonyl (C=O) groups excluding carboxylic acids is 1. The van der Waals surface area contributed by atoms with Crippen molar-refractivity contribution in [3.8, 4) is 0 Å². The fourth-order valence-corrected chi connectivity index (χ4v) is 0.905. The van der Waals surface area contributed by atoms with Gasteiger partial charge >= 0.3 is 5.97 Å². The second-order valence-corrected chi connectivity index (χ2v) is 2.62. The molecule has 6 nitrogen and oxygen atoms in total. The van der Waals surface area contributed by atoms with Gasteiger partial charge in [-0.25, -0.2) is 4.79 Å². The van der Waals surface area contributed by atoms with Gasteiger partial charge in [0.15, 0.2) is 6.10 Å². The topological polar surface area (TPSA) is 107 Å². The summed E-state index contributed by atoms with van der Waals surface area (Å²) in [6.07, 6.45) is -6.42. The smallest absolute Gasteiger partial charge is 0.337 e. The third kappa shape index (κ3) is 1.56. The third-order valence-electron chi connectivity index (χ3n) is 1.71. The molecule has 1 aliphatic heterocycles. The van der Waals surface area contributed by atoms with Crippen LogP contribution in [0.5, 0.6) is 0 Å². The van der Waals surface area contributed by atoms with Gasteiger partial charge < -0.3 is 25.2 Å². The van der Waals surface area contributed by atoms with Crippen molar-refractivity contribution in [2.45, 2.75) is 24.4 Å². The van der Waals surface area contributed by atoms with Crippen molar-refractivity contribution in [3.63, 3.8) is 0 Å². The minimum Gasteiger partial charge on any atom is -0.461 e. The molecule has 6 heteroatoms. The first-order chi connectivity index (χ1) is 5.54. The molecular weight excluding hydrogens is 168 g/mol. The van der Waals surface area contributed by atoms with Gasteiger partial charge in [0, 0.05) is 0 Å². The lowest BCUT2D eigenvalue weighted by molar-refractivity contribution is -0.158. The Morgan fingerprint density at radius 3 is 2.33 bits per heavy atom. The molecule has 0 saturated carbocycles. The predicted molar refractivity (Wildman–Crippen MR) is 35.0 cm³/mol. The molecule has 0 aromatic carbocycles. The fraction of sp³-hybridized carbons (Fsp3) is 0.833. The largest absolute Gasteiger partial charge is 0.461 e. The Kier molecular flexibility index (Phi) is 2.63. The van der Waals surface area contributed by atoms with E-state index in [1.807, 2.05) is 0 Å². The maximum atomic E-state index is 10.7. The average Bonchev–Trinajstić information content (AvgIpc) is 2.14. The highest BCUT2D eigenvalue weighted by Crippen LogP contribution is 2.11. The van der Waals surface area contributed by atoms with Crippen molar-refractivity contribution >= 4 is 5.97 Å². The first-order valence-corrected chi connectivity index (χ1v) is 3.43. The number of cyclic esters (lactones) is 1. The van der Waals surface area contributed by atoms with Crippen molar-refractivity contribution in [1.82, 2.24) is 0 Å². The van der Waals surface area contributed by atoms with E-state index in [2.05, 4.69) is 4.74 Å². The number of esters is 1. The van der Waals surface area contributed by atoms with Gasteiger partial charge in [-0.3, -0.25) is 0 Å². The fourth-order valence-electron chi connectivity index (χ4n) is 0.905. The van der Waals surface area contributed by atoms with E-state index in [0.717, 1.165) is 0 Å². The zero-order valence-electron chi connectivity index (χ0n) is 6.12. The van der Waals surface area contributed by atoms with Crippen LogP contribution < -0.4 is 0 Å². The molecule has 1 rings (SSSR count). The SMILES string of the molecule is O=C1OC[C@@H](O)[C@@H](O)[C@@H](O)[C@@H]1O. The zero-order chi connectivity index (χ0) is 9.30. The zero-order valence-corrected chi connectivity index (χ0v) is 6.12. The van der Waals surface area contributed by atoms with Crippen molar-refractivity contribution in [2.75, 3.05) is 6.61 Å². The van der Waals surface area contributed by atoms with E-state index in [9.17, 15) is 4.79 Å². The summed E-state index contributed by atoms with van der Waals surface area (Å²) in [6, 6.07) is 0. The molecule has 0 spiro atoms. The highest BCUT2D eigenvalue weighted by Gasteiger charge is 2.39. The Morgan fingerprint density at radius 1 is 1.17 bits per heavy atom. The summed E-state index contributed by atoms with van der Waals surface area (Å²) in [5, 5.41) is 35.9. The molecule has 0 aromatic heterocycles. The monoisotopic (exact) mass is 178 g/mol. The lowest BCUT2D eigenvalue weighted by Gasteiger charge is -2.18. The highest BCUT2D eigenvalue weighted by atomic mass is 16.6. The molecule has 70 valence electrons. The Balaban J connectivity index is 2.75. The summed E-state index contributed by atoms with van der Waals surface area (Å²) in [4.78, 5) is 10.7. The summed E-state index contributed by atoms with van der Waals surface area (Å²) in [7, 11) is 0. The second kappa shape index (κ2) is 3.36. The van der Waals surface area contributed by atoms with Crippen molar-refractivity contribution in [1.29, 1.82) is 0 Å². The lowest BCUT2D eigenvalue weighted by Crippen LogP contribution is -2.44. The minimum atomic E-state index is -1.79. The number of hydrogen-bond acceptors (Lipinski definition) is 6. The van der Waals surface area contributed by atoms with Crippen molar-refractivity contribution in [2.24, 2.45) is 0 Å². The van der Waals surface area contributed by atoms with Gasteiger partial charge in [0.25, 0.3) is 0 Å². The molecule has 4 atom stereocenters. The first kappa shape index (κ1) is 9.40.